The Kier molecular flexibility index (Phi) is 4.43. The summed E-state index contributed by atoms with van der Waals surface area (Å²) in [5.74, 6) is 1.12. The molecular weight excluding hydrogens is 290 g/mol. The van der Waals surface area contributed by atoms with Crippen LogP contribution in [0, 0.1) is 0 Å². The molecule has 0 amide bonds. The van der Waals surface area contributed by atoms with Gasteiger partial charge in [-0.1, -0.05) is 53.3 Å². The molecule has 3 rings (SSSR count). The number of para-hydroxylation sites is 1. The standard InChI is InChI=1S/C15H13NS3/c1-2-6-12(7-3-1)10-11-17-19-15-16-13-8-4-5-9-14(13)18-15/h1-9H,10-11H2. The van der Waals surface area contributed by atoms with Crippen molar-refractivity contribution in [3.05, 3.63) is 60.2 Å². The van der Waals surface area contributed by atoms with Crippen molar-refractivity contribution >= 4 is 43.1 Å². The molecule has 3 aromatic rings. The Bertz CT molecular complexity index is 616. The highest BCUT2D eigenvalue weighted by atomic mass is 33.1. The number of thiazole rings is 1. The van der Waals surface area contributed by atoms with Crippen LogP contribution < -0.4 is 0 Å². The first kappa shape index (κ1) is 13.0. The molecule has 1 heterocycles. The van der Waals surface area contributed by atoms with Gasteiger partial charge in [0.1, 0.15) is 0 Å². The van der Waals surface area contributed by atoms with Crippen molar-refractivity contribution < 1.29 is 0 Å². The lowest BCUT2D eigenvalue weighted by atomic mass is 10.2. The third-order valence-electron chi connectivity index (χ3n) is 2.72. The molecule has 0 aliphatic heterocycles. The Morgan fingerprint density at radius 2 is 1.74 bits per heavy atom. The Hall–Kier alpha value is -0.970. The number of nitrogens with zero attached hydrogens (tertiary/aromatic N) is 1. The molecule has 0 radical (unpaired) electrons. The third-order valence-corrected chi connectivity index (χ3v) is 6.42. The smallest absolute Gasteiger partial charge is 0.161 e. The molecular formula is C15H13NS3. The van der Waals surface area contributed by atoms with Crippen LogP contribution >= 0.6 is 32.9 Å². The van der Waals surface area contributed by atoms with Gasteiger partial charge in [0.15, 0.2) is 4.34 Å². The van der Waals surface area contributed by atoms with E-state index in [2.05, 4.69) is 53.5 Å². The summed E-state index contributed by atoms with van der Waals surface area (Å²) >= 11 is 1.77. The van der Waals surface area contributed by atoms with Crippen molar-refractivity contribution in [2.24, 2.45) is 0 Å². The molecule has 0 N–H and O–H groups in total. The first-order valence-corrected chi connectivity index (χ1v) is 9.24. The van der Waals surface area contributed by atoms with Crippen molar-refractivity contribution in [3.8, 4) is 0 Å². The predicted octanol–water partition coefficient (Wildman–Crippen LogP) is 5.28. The largest absolute Gasteiger partial charge is 0.229 e. The van der Waals surface area contributed by atoms with Crippen LogP contribution in [0.25, 0.3) is 10.2 Å². The van der Waals surface area contributed by atoms with Crippen LogP contribution in [0.1, 0.15) is 5.56 Å². The maximum Gasteiger partial charge on any atom is 0.161 e. The molecule has 0 unspecified atom stereocenters. The number of fused-ring (bicyclic) bond motifs is 1. The third kappa shape index (κ3) is 3.53. The average Bonchev–Trinajstić information content (AvgIpc) is 2.87. The fourth-order valence-electron chi connectivity index (χ4n) is 1.78. The Balaban J connectivity index is 1.52. The molecule has 0 saturated carbocycles. The molecule has 0 aliphatic rings. The number of hydrogen-bond acceptors (Lipinski definition) is 4. The van der Waals surface area contributed by atoms with E-state index in [0.29, 0.717) is 0 Å². The zero-order valence-corrected chi connectivity index (χ0v) is 12.7. The van der Waals surface area contributed by atoms with Crippen molar-refractivity contribution in [1.82, 2.24) is 4.98 Å². The summed E-state index contributed by atoms with van der Waals surface area (Å²) in [6.45, 7) is 0. The predicted molar refractivity (Wildman–Crippen MR) is 88.1 cm³/mol. The van der Waals surface area contributed by atoms with Gasteiger partial charge in [0.25, 0.3) is 0 Å². The van der Waals surface area contributed by atoms with Gasteiger partial charge >= 0.3 is 0 Å². The number of aryl methyl sites for hydroxylation is 1. The number of aromatic nitrogens is 1. The average molecular weight is 303 g/mol. The minimum absolute atomic E-state index is 1.11. The van der Waals surface area contributed by atoms with E-state index in [0.717, 1.165) is 22.0 Å². The van der Waals surface area contributed by atoms with E-state index in [1.54, 1.807) is 22.1 Å². The molecule has 0 atom stereocenters. The summed E-state index contributed by atoms with van der Waals surface area (Å²) in [7, 11) is 3.67. The normalized spacial score (nSPS) is 10.9. The minimum Gasteiger partial charge on any atom is -0.229 e. The molecule has 1 aromatic heterocycles. The van der Waals surface area contributed by atoms with E-state index in [4.69, 9.17) is 0 Å². The molecule has 0 saturated heterocycles. The van der Waals surface area contributed by atoms with Gasteiger partial charge in [0.2, 0.25) is 0 Å². The van der Waals surface area contributed by atoms with Crippen LogP contribution in [0.5, 0.6) is 0 Å². The van der Waals surface area contributed by atoms with E-state index in [1.807, 2.05) is 16.9 Å². The van der Waals surface area contributed by atoms with Gasteiger partial charge in [0.05, 0.1) is 10.2 Å². The summed E-state index contributed by atoms with van der Waals surface area (Å²) in [5.41, 5.74) is 2.51. The molecule has 2 aromatic carbocycles. The SMILES string of the molecule is c1ccc(CCSSc2nc3ccccc3s2)cc1. The van der Waals surface area contributed by atoms with Gasteiger partial charge in [0, 0.05) is 5.75 Å². The number of benzene rings is 2. The molecule has 19 heavy (non-hydrogen) atoms. The van der Waals surface area contributed by atoms with Gasteiger partial charge < -0.3 is 0 Å². The van der Waals surface area contributed by atoms with Crippen LogP contribution in [0.4, 0.5) is 0 Å². The molecule has 0 spiro atoms. The molecule has 0 aliphatic carbocycles. The quantitative estimate of drug-likeness (QED) is 0.470. The van der Waals surface area contributed by atoms with Gasteiger partial charge in [-0.2, -0.15) is 0 Å². The lowest BCUT2D eigenvalue weighted by Crippen LogP contribution is -1.85. The van der Waals surface area contributed by atoms with E-state index in [1.165, 1.54) is 10.3 Å². The van der Waals surface area contributed by atoms with E-state index >= 15 is 0 Å². The summed E-state index contributed by atoms with van der Waals surface area (Å²) in [6.07, 6.45) is 1.11. The van der Waals surface area contributed by atoms with E-state index in [9.17, 15) is 0 Å². The fourth-order valence-corrected chi connectivity index (χ4v) is 5.18. The second-order valence-corrected chi connectivity index (χ2v) is 7.78. The Morgan fingerprint density at radius 1 is 0.947 bits per heavy atom. The summed E-state index contributed by atoms with van der Waals surface area (Å²) in [4.78, 5) is 4.62. The highest BCUT2D eigenvalue weighted by Crippen LogP contribution is 2.36. The Morgan fingerprint density at radius 3 is 2.58 bits per heavy atom. The highest BCUT2D eigenvalue weighted by Gasteiger charge is 2.03. The molecule has 96 valence electrons. The monoisotopic (exact) mass is 303 g/mol. The van der Waals surface area contributed by atoms with Gasteiger partial charge in [-0.05, 0) is 34.9 Å². The highest BCUT2D eigenvalue weighted by molar-refractivity contribution is 8.77. The van der Waals surface area contributed by atoms with Crippen molar-refractivity contribution in [1.29, 1.82) is 0 Å². The maximum absolute atomic E-state index is 4.62. The minimum atomic E-state index is 1.11. The Labute approximate surface area is 124 Å². The second kappa shape index (κ2) is 6.46. The summed E-state index contributed by atoms with van der Waals surface area (Å²) < 4.78 is 2.42. The summed E-state index contributed by atoms with van der Waals surface area (Å²) in [5, 5.41) is 0. The number of rotatable bonds is 5. The second-order valence-electron chi connectivity index (χ2n) is 4.09. The van der Waals surface area contributed by atoms with Crippen LogP contribution in [0.2, 0.25) is 0 Å². The lowest BCUT2D eigenvalue weighted by molar-refractivity contribution is 1.16. The van der Waals surface area contributed by atoms with Crippen LogP contribution in [0.3, 0.4) is 0 Å². The van der Waals surface area contributed by atoms with Gasteiger partial charge in [-0.3, -0.25) is 0 Å². The zero-order valence-electron chi connectivity index (χ0n) is 10.3. The number of hydrogen-bond donors (Lipinski definition) is 0. The van der Waals surface area contributed by atoms with E-state index < -0.39 is 0 Å². The first-order chi connectivity index (χ1) is 9.42. The molecule has 0 bridgehead atoms. The van der Waals surface area contributed by atoms with Crippen molar-refractivity contribution in [2.75, 3.05) is 5.75 Å². The first-order valence-electron chi connectivity index (χ1n) is 6.11. The van der Waals surface area contributed by atoms with Crippen LogP contribution in [-0.4, -0.2) is 10.7 Å². The maximum atomic E-state index is 4.62. The van der Waals surface area contributed by atoms with Crippen molar-refractivity contribution in [3.63, 3.8) is 0 Å². The summed E-state index contributed by atoms with van der Waals surface area (Å²) in [6, 6.07) is 18.9. The van der Waals surface area contributed by atoms with Crippen LogP contribution in [0.15, 0.2) is 58.9 Å². The lowest BCUT2D eigenvalue weighted by Gasteiger charge is -1.99. The molecule has 4 heteroatoms. The van der Waals surface area contributed by atoms with E-state index in [-0.39, 0.29) is 0 Å². The van der Waals surface area contributed by atoms with Gasteiger partial charge in [-0.15, -0.1) is 11.3 Å². The zero-order chi connectivity index (χ0) is 12.9. The molecule has 1 nitrogen and oxygen atoms in total. The topological polar surface area (TPSA) is 12.9 Å². The molecule has 0 fully saturated rings. The fraction of sp³-hybridized carbons (Fsp3) is 0.133. The van der Waals surface area contributed by atoms with Gasteiger partial charge in [-0.25, -0.2) is 4.98 Å². The van der Waals surface area contributed by atoms with Crippen molar-refractivity contribution in [2.45, 2.75) is 10.8 Å². The van der Waals surface area contributed by atoms with Crippen LogP contribution in [-0.2, 0) is 6.42 Å².